The molecule has 2 N–H and O–H groups in total. The fourth-order valence-electron chi connectivity index (χ4n) is 3.81. The van der Waals surface area contributed by atoms with Crippen LogP contribution >= 0.6 is 11.5 Å². The van der Waals surface area contributed by atoms with E-state index in [1.807, 2.05) is 0 Å². The van der Waals surface area contributed by atoms with Crippen LogP contribution in [0, 0.1) is 6.92 Å². The van der Waals surface area contributed by atoms with Crippen LogP contribution in [-0.4, -0.2) is 74.9 Å². The Labute approximate surface area is 222 Å². The minimum absolute atomic E-state index is 0.0113. The maximum atomic E-state index is 13.0. The first-order valence-electron chi connectivity index (χ1n) is 11.4. The van der Waals surface area contributed by atoms with Crippen LogP contribution < -0.4 is 10.6 Å². The van der Waals surface area contributed by atoms with Gasteiger partial charge in [-0.05, 0) is 42.7 Å². The zero-order valence-corrected chi connectivity index (χ0v) is 21.0. The van der Waals surface area contributed by atoms with Crippen molar-refractivity contribution in [3.05, 3.63) is 59.2 Å². The standard InChI is InChI=1S/C23H21F6N7O2S/c1-13-18(20(39-34-13)33-17-11-30-16(10-31-17)23(27,28)29)19(37)32-15-4-2-14(3-5-15)21(38)36-8-6-35(7-9-36)12-22(24,25)26/h2-5,10-11H,6-9,12H2,1H3,(H,31,33)(H,32,37). The van der Waals surface area contributed by atoms with Crippen molar-refractivity contribution in [3.8, 4) is 0 Å². The molecule has 1 fully saturated rings. The molecular formula is C23H21F6N7O2S. The van der Waals surface area contributed by atoms with Crippen molar-refractivity contribution in [3.63, 3.8) is 0 Å². The maximum absolute atomic E-state index is 13.0. The van der Waals surface area contributed by atoms with Crippen LogP contribution in [0.5, 0.6) is 0 Å². The molecule has 1 aliphatic rings. The van der Waals surface area contributed by atoms with Crippen molar-refractivity contribution in [2.45, 2.75) is 19.3 Å². The summed E-state index contributed by atoms with van der Waals surface area (Å²) in [6.45, 7) is 1.13. The highest BCUT2D eigenvalue weighted by Gasteiger charge is 2.34. The molecule has 4 rings (SSSR count). The first-order chi connectivity index (χ1) is 18.3. The molecule has 0 atom stereocenters. The van der Waals surface area contributed by atoms with Crippen LogP contribution in [0.4, 0.5) is 42.8 Å². The summed E-state index contributed by atoms with van der Waals surface area (Å²) < 4.78 is 80.0. The summed E-state index contributed by atoms with van der Waals surface area (Å²) in [7, 11) is 0. The average Bonchev–Trinajstić information content (AvgIpc) is 3.23. The number of nitrogens with zero attached hydrogens (tertiary/aromatic N) is 5. The number of halogens is 6. The van der Waals surface area contributed by atoms with Gasteiger partial charge in [-0.3, -0.25) is 14.5 Å². The minimum atomic E-state index is -4.64. The van der Waals surface area contributed by atoms with Crippen molar-refractivity contribution in [2.75, 3.05) is 43.4 Å². The number of amides is 2. The van der Waals surface area contributed by atoms with Crippen molar-refractivity contribution in [1.82, 2.24) is 24.1 Å². The number of alkyl halides is 6. The van der Waals surface area contributed by atoms with Gasteiger partial charge in [0.1, 0.15) is 10.8 Å². The number of hydrogen-bond acceptors (Lipinski definition) is 8. The van der Waals surface area contributed by atoms with Crippen LogP contribution in [0.15, 0.2) is 36.7 Å². The van der Waals surface area contributed by atoms with Crippen LogP contribution in [0.2, 0.25) is 0 Å². The third-order valence-corrected chi connectivity index (χ3v) is 6.58. The molecule has 1 aliphatic heterocycles. The second kappa shape index (κ2) is 11.1. The second-order valence-electron chi connectivity index (χ2n) is 8.60. The number of carbonyl (C=O) groups excluding carboxylic acids is 2. The summed E-state index contributed by atoms with van der Waals surface area (Å²) in [6.07, 6.45) is -7.46. The molecule has 0 aliphatic carbocycles. The molecule has 0 unspecified atom stereocenters. The summed E-state index contributed by atoms with van der Waals surface area (Å²) >= 11 is 0.917. The van der Waals surface area contributed by atoms with E-state index in [4.69, 9.17) is 0 Å². The summed E-state index contributed by atoms with van der Waals surface area (Å²) in [4.78, 5) is 35.4. The predicted octanol–water partition coefficient (Wildman–Crippen LogP) is 4.58. The van der Waals surface area contributed by atoms with E-state index in [9.17, 15) is 35.9 Å². The van der Waals surface area contributed by atoms with E-state index < -0.39 is 30.5 Å². The third-order valence-electron chi connectivity index (χ3n) is 5.73. The van der Waals surface area contributed by atoms with Gasteiger partial charge in [0.05, 0.1) is 30.2 Å². The Bertz CT molecular complexity index is 1320. The number of aromatic nitrogens is 3. The Morgan fingerprint density at radius 3 is 2.21 bits per heavy atom. The molecule has 0 radical (unpaired) electrons. The summed E-state index contributed by atoms with van der Waals surface area (Å²) in [5.74, 6) is -0.896. The molecule has 9 nitrogen and oxygen atoms in total. The van der Waals surface area contributed by atoms with Gasteiger partial charge in [0.15, 0.2) is 5.69 Å². The highest BCUT2D eigenvalue weighted by Crippen LogP contribution is 2.30. The number of rotatable bonds is 6. The molecule has 39 heavy (non-hydrogen) atoms. The zero-order chi connectivity index (χ0) is 28.4. The van der Waals surface area contributed by atoms with E-state index in [0.717, 1.165) is 17.7 Å². The Kier molecular flexibility index (Phi) is 8.06. The van der Waals surface area contributed by atoms with Crippen LogP contribution in [0.25, 0.3) is 0 Å². The van der Waals surface area contributed by atoms with Gasteiger partial charge >= 0.3 is 12.4 Å². The molecule has 1 aromatic carbocycles. The lowest BCUT2D eigenvalue weighted by Crippen LogP contribution is -2.50. The third kappa shape index (κ3) is 7.20. The number of aryl methyl sites for hydroxylation is 1. The minimum Gasteiger partial charge on any atom is -0.336 e. The largest absolute Gasteiger partial charge is 0.434 e. The molecular weight excluding hydrogens is 552 g/mol. The number of carbonyl (C=O) groups is 2. The number of anilines is 3. The summed E-state index contributed by atoms with van der Waals surface area (Å²) in [5.41, 5.74) is 0.0401. The summed E-state index contributed by atoms with van der Waals surface area (Å²) in [5, 5.41) is 5.68. The SMILES string of the molecule is Cc1nsc(Nc2cnc(C(F)(F)F)cn2)c1C(=O)Nc1ccc(C(=O)N2CCN(CC(F)(F)F)CC2)cc1. The van der Waals surface area contributed by atoms with E-state index in [2.05, 4.69) is 25.0 Å². The Hall–Kier alpha value is -3.79. The van der Waals surface area contributed by atoms with Gasteiger partial charge in [0, 0.05) is 37.4 Å². The number of hydrogen-bond donors (Lipinski definition) is 2. The average molecular weight is 574 g/mol. The number of piperazine rings is 1. The number of benzene rings is 1. The topological polar surface area (TPSA) is 103 Å². The first kappa shape index (κ1) is 28.2. The van der Waals surface area contributed by atoms with Gasteiger partial charge < -0.3 is 15.5 Å². The zero-order valence-electron chi connectivity index (χ0n) is 20.2. The quantitative estimate of drug-likeness (QED) is 0.417. The van der Waals surface area contributed by atoms with E-state index in [1.54, 1.807) is 6.92 Å². The van der Waals surface area contributed by atoms with Gasteiger partial charge in [-0.15, -0.1) is 0 Å². The van der Waals surface area contributed by atoms with Crippen molar-refractivity contribution >= 4 is 39.9 Å². The van der Waals surface area contributed by atoms with Gasteiger partial charge in [0.25, 0.3) is 11.8 Å². The first-order valence-corrected chi connectivity index (χ1v) is 12.2. The maximum Gasteiger partial charge on any atom is 0.434 e. The molecule has 0 bridgehead atoms. The molecule has 208 valence electrons. The molecule has 16 heteroatoms. The van der Waals surface area contributed by atoms with E-state index in [0.29, 0.717) is 23.1 Å². The molecule has 0 saturated carbocycles. The van der Waals surface area contributed by atoms with Crippen LogP contribution in [0.1, 0.15) is 32.1 Å². The highest BCUT2D eigenvalue weighted by molar-refractivity contribution is 7.10. The lowest BCUT2D eigenvalue weighted by molar-refractivity contribution is -0.148. The molecule has 1 saturated heterocycles. The smallest absolute Gasteiger partial charge is 0.336 e. The molecule has 0 spiro atoms. The van der Waals surface area contributed by atoms with E-state index in [1.165, 1.54) is 34.1 Å². The van der Waals surface area contributed by atoms with Crippen molar-refractivity contribution in [1.29, 1.82) is 0 Å². The lowest BCUT2D eigenvalue weighted by atomic mass is 10.1. The highest BCUT2D eigenvalue weighted by atomic mass is 32.1. The Balaban J connectivity index is 1.37. The lowest BCUT2D eigenvalue weighted by Gasteiger charge is -2.35. The van der Waals surface area contributed by atoms with Crippen molar-refractivity contribution in [2.24, 2.45) is 0 Å². The Morgan fingerprint density at radius 1 is 0.974 bits per heavy atom. The van der Waals surface area contributed by atoms with Crippen LogP contribution in [-0.2, 0) is 6.18 Å². The molecule has 2 amide bonds. The van der Waals surface area contributed by atoms with Gasteiger partial charge in [-0.1, -0.05) is 0 Å². The van der Waals surface area contributed by atoms with Gasteiger partial charge in [0.2, 0.25) is 0 Å². The fraction of sp³-hybridized carbons (Fsp3) is 0.348. The van der Waals surface area contributed by atoms with Crippen molar-refractivity contribution < 1.29 is 35.9 Å². The predicted molar refractivity (Wildman–Crippen MR) is 130 cm³/mol. The fourth-order valence-corrected chi connectivity index (χ4v) is 4.61. The van der Waals surface area contributed by atoms with Gasteiger partial charge in [-0.2, -0.15) is 30.7 Å². The monoisotopic (exact) mass is 573 g/mol. The molecule has 3 heterocycles. The normalized spacial score (nSPS) is 14.8. The summed E-state index contributed by atoms with van der Waals surface area (Å²) in [6, 6.07) is 6.01. The Morgan fingerprint density at radius 2 is 1.64 bits per heavy atom. The van der Waals surface area contributed by atoms with E-state index >= 15 is 0 Å². The van der Waals surface area contributed by atoms with Crippen LogP contribution in [0.3, 0.4) is 0 Å². The molecule has 2 aromatic heterocycles. The van der Waals surface area contributed by atoms with Gasteiger partial charge in [-0.25, -0.2) is 9.97 Å². The second-order valence-corrected chi connectivity index (χ2v) is 9.37. The van der Waals surface area contributed by atoms with E-state index in [-0.39, 0.29) is 48.5 Å². The number of nitrogens with one attached hydrogen (secondary N) is 2. The molecule has 3 aromatic rings.